The highest BCUT2D eigenvalue weighted by atomic mass is 16.1. The summed E-state index contributed by atoms with van der Waals surface area (Å²) in [5.74, 6) is 0.157. The third-order valence-corrected chi connectivity index (χ3v) is 2.91. The molecule has 0 aromatic carbocycles. The van der Waals surface area contributed by atoms with Gasteiger partial charge >= 0.3 is 0 Å². The minimum atomic E-state index is -0.519. The predicted octanol–water partition coefficient (Wildman–Crippen LogP) is 1.12. The number of amides is 1. The Morgan fingerprint density at radius 2 is 2.12 bits per heavy atom. The number of nitrogens with two attached hydrogens (primary N) is 2. The molecule has 1 amide bonds. The van der Waals surface area contributed by atoms with E-state index in [2.05, 4.69) is 10.3 Å². The normalized spacial score (nSPS) is 16.2. The van der Waals surface area contributed by atoms with Gasteiger partial charge in [0.15, 0.2) is 0 Å². The van der Waals surface area contributed by atoms with E-state index in [9.17, 15) is 4.79 Å². The monoisotopic (exact) mass is 220 g/mol. The molecule has 0 unspecified atom stereocenters. The highest BCUT2D eigenvalue weighted by Gasteiger charge is 2.16. The molecule has 5 N–H and O–H groups in total. The zero-order chi connectivity index (χ0) is 11.5. The third-order valence-electron chi connectivity index (χ3n) is 2.91. The van der Waals surface area contributed by atoms with Crippen molar-refractivity contribution in [3.05, 3.63) is 17.8 Å². The van der Waals surface area contributed by atoms with Gasteiger partial charge in [-0.3, -0.25) is 4.79 Å². The number of primary amides is 1. The van der Waals surface area contributed by atoms with Crippen molar-refractivity contribution in [2.75, 3.05) is 11.1 Å². The van der Waals surface area contributed by atoms with Gasteiger partial charge in [-0.2, -0.15) is 0 Å². The minimum absolute atomic E-state index is 0.324. The molecule has 0 aliphatic heterocycles. The molecule has 1 aromatic rings. The summed E-state index contributed by atoms with van der Waals surface area (Å²) in [6.45, 7) is 0. The molecule has 0 bridgehead atoms. The van der Waals surface area contributed by atoms with E-state index in [1.807, 2.05) is 0 Å². The molecular weight excluding hydrogens is 204 g/mol. The van der Waals surface area contributed by atoms with E-state index in [0.29, 0.717) is 23.1 Å². The van der Waals surface area contributed by atoms with Crippen LogP contribution in [-0.2, 0) is 0 Å². The van der Waals surface area contributed by atoms with E-state index in [4.69, 9.17) is 11.5 Å². The molecule has 1 aliphatic rings. The first-order chi connectivity index (χ1) is 7.66. The van der Waals surface area contributed by atoms with Crippen LogP contribution in [-0.4, -0.2) is 16.9 Å². The SMILES string of the molecule is NC(=O)c1cc(NC2CCCC2)ncc1N. The van der Waals surface area contributed by atoms with Gasteiger partial charge in [0.25, 0.3) is 5.91 Å². The lowest BCUT2D eigenvalue weighted by molar-refractivity contribution is 0.100. The summed E-state index contributed by atoms with van der Waals surface area (Å²) in [5.41, 5.74) is 11.5. The van der Waals surface area contributed by atoms with Crippen LogP contribution in [0.15, 0.2) is 12.3 Å². The molecule has 0 atom stereocenters. The molecule has 5 heteroatoms. The van der Waals surface area contributed by atoms with Crippen molar-refractivity contribution in [2.45, 2.75) is 31.7 Å². The summed E-state index contributed by atoms with van der Waals surface area (Å²) < 4.78 is 0. The fourth-order valence-electron chi connectivity index (χ4n) is 2.04. The molecule has 86 valence electrons. The van der Waals surface area contributed by atoms with E-state index in [0.717, 1.165) is 12.8 Å². The Bertz CT molecular complexity index is 399. The van der Waals surface area contributed by atoms with Gasteiger partial charge in [0.1, 0.15) is 5.82 Å². The Morgan fingerprint density at radius 3 is 2.75 bits per heavy atom. The second-order valence-corrected chi connectivity index (χ2v) is 4.15. The van der Waals surface area contributed by atoms with Gasteiger partial charge in [-0.05, 0) is 18.9 Å². The van der Waals surface area contributed by atoms with Crippen molar-refractivity contribution in [1.82, 2.24) is 4.98 Å². The number of carbonyl (C=O) groups is 1. The summed E-state index contributed by atoms with van der Waals surface area (Å²) in [5, 5.41) is 3.29. The Labute approximate surface area is 94.2 Å². The van der Waals surface area contributed by atoms with E-state index in [1.165, 1.54) is 19.0 Å². The number of hydrogen-bond acceptors (Lipinski definition) is 4. The number of nitrogen functional groups attached to an aromatic ring is 1. The lowest BCUT2D eigenvalue weighted by Crippen LogP contribution is -2.18. The van der Waals surface area contributed by atoms with Crippen LogP contribution in [0, 0.1) is 0 Å². The maximum absolute atomic E-state index is 11.1. The first kappa shape index (κ1) is 10.7. The van der Waals surface area contributed by atoms with Crippen LogP contribution in [0.1, 0.15) is 36.0 Å². The molecule has 0 saturated heterocycles. The highest BCUT2D eigenvalue weighted by Crippen LogP contribution is 2.22. The van der Waals surface area contributed by atoms with Gasteiger partial charge in [-0.25, -0.2) is 4.98 Å². The van der Waals surface area contributed by atoms with Crippen LogP contribution in [0.2, 0.25) is 0 Å². The molecule has 16 heavy (non-hydrogen) atoms. The van der Waals surface area contributed by atoms with Gasteiger partial charge in [-0.15, -0.1) is 0 Å². The number of anilines is 2. The van der Waals surface area contributed by atoms with Crippen LogP contribution in [0.4, 0.5) is 11.5 Å². The second kappa shape index (κ2) is 4.38. The Balaban J connectivity index is 2.15. The van der Waals surface area contributed by atoms with Gasteiger partial charge < -0.3 is 16.8 Å². The maximum Gasteiger partial charge on any atom is 0.250 e. The summed E-state index contributed by atoms with van der Waals surface area (Å²) in [6, 6.07) is 2.08. The fraction of sp³-hybridized carbons (Fsp3) is 0.455. The molecule has 2 rings (SSSR count). The smallest absolute Gasteiger partial charge is 0.250 e. The molecule has 1 saturated carbocycles. The first-order valence-corrected chi connectivity index (χ1v) is 5.48. The van der Waals surface area contributed by atoms with E-state index >= 15 is 0 Å². The topological polar surface area (TPSA) is 94.0 Å². The number of nitrogens with zero attached hydrogens (tertiary/aromatic N) is 1. The zero-order valence-corrected chi connectivity index (χ0v) is 9.07. The maximum atomic E-state index is 11.1. The molecule has 5 nitrogen and oxygen atoms in total. The zero-order valence-electron chi connectivity index (χ0n) is 9.07. The minimum Gasteiger partial charge on any atom is -0.397 e. The fourth-order valence-corrected chi connectivity index (χ4v) is 2.04. The van der Waals surface area contributed by atoms with Crippen molar-refractivity contribution in [3.63, 3.8) is 0 Å². The summed E-state index contributed by atoms with van der Waals surface area (Å²) in [6.07, 6.45) is 6.26. The second-order valence-electron chi connectivity index (χ2n) is 4.15. The van der Waals surface area contributed by atoms with E-state index < -0.39 is 5.91 Å². The molecule has 1 heterocycles. The first-order valence-electron chi connectivity index (χ1n) is 5.48. The Hall–Kier alpha value is -1.78. The van der Waals surface area contributed by atoms with Crippen LogP contribution in [0.5, 0.6) is 0 Å². The van der Waals surface area contributed by atoms with Crippen molar-refractivity contribution in [3.8, 4) is 0 Å². The van der Waals surface area contributed by atoms with Gasteiger partial charge in [-0.1, -0.05) is 12.8 Å². The lowest BCUT2D eigenvalue weighted by atomic mass is 10.2. The Morgan fingerprint density at radius 1 is 1.44 bits per heavy atom. The summed E-state index contributed by atoms with van der Waals surface area (Å²) >= 11 is 0. The average molecular weight is 220 g/mol. The number of nitrogens with one attached hydrogen (secondary N) is 1. The largest absolute Gasteiger partial charge is 0.397 e. The number of aromatic nitrogens is 1. The molecule has 1 aliphatic carbocycles. The number of pyridine rings is 1. The summed E-state index contributed by atoms with van der Waals surface area (Å²) in [4.78, 5) is 15.2. The Kier molecular flexibility index (Phi) is 2.94. The van der Waals surface area contributed by atoms with Crippen molar-refractivity contribution in [2.24, 2.45) is 5.73 Å². The van der Waals surface area contributed by atoms with Gasteiger partial charge in [0, 0.05) is 6.04 Å². The quantitative estimate of drug-likeness (QED) is 0.711. The molecule has 0 spiro atoms. The van der Waals surface area contributed by atoms with Crippen LogP contribution in [0.25, 0.3) is 0 Å². The standard InChI is InChI=1S/C11H16N4O/c12-9-6-14-10(5-8(9)11(13)16)15-7-3-1-2-4-7/h5-7H,1-4,12H2,(H2,13,16)(H,14,15). The average Bonchev–Trinajstić information content (AvgIpc) is 2.73. The highest BCUT2D eigenvalue weighted by molar-refractivity contribution is 5.98. The van der Waals surface area contributed by atoms with Crippen molar-refractivity contribution < 1.29 is 4.79 Å². The van der Waals surface area contributed by atoms with Crippen molar-refractivity contribution >= 4 is 17.4 Å². The lowest BCUT2D eigenvalue weighted by Gasteiger charge is -2.13. The van der Waals surface area contributed by atoms with Crippen molar-refractivity contribution in [1.29, 1.82) is 0 Å². The molecule has 0 radical (unpaired) electrons. The van der Waals surface area contributed by atoms with Crippen LogP contribution >= 0.6 is 0 Å². The molecular formula is C11H16N4O. The number of carbonyl (C=O) groups excluding carboxylic acids is 1. The molecule has 1 fully saturated rings. The summed E-state index contributed by atoms with van der Waals surface area (Å²) in [7, 11) is 0. The van der Waals surface area contributed by atoms with E-state index in [1.54, 1.807) is 6.07 Å². The van der Waals surface area contributed by atoms with Crippen LogP contribution < -0.4 is 16.8 Å². The molecule has 1 aromatic heterocycles. The van der Waals surface area contributed by atoms with Gasteiger partial charge in [0.2, 0.25) is 0 Å². The predicted molar refractivity (Wildman–Crippen MR) is 63.0 cm³/mol. The van der Waals surface area contributed by atoms with Crippen LogP contribution in [0.3, 0.4) is 0 Å². The third kappa shape index (κ3) is 2.24. The van der Waals surface area contributed by atoms with Gasteiger partial charge in [0.05, 0.1) is 17.4 Å². The number of hydrogen-bond donors (Lipinski definition) is 3. The van der Waals surface area contributed by atoms with E-state index in [-0.39, 0.29) is 0 Å². The number of rotatable bonds is 3.